The Morgan fingerprint density at radius 2 is 2.12 bits per heavy atom. The molecule has 2 rings (SSSR count). The lowest BCUT2D eigenvalue weighted by atomic mass is 10.2. The highest BCUT2D eigenvalue weighted by Gasteiger charge is 2.24. The van der Waals surface area contributed by atoms with Crippen LogP contribution in [0.25, 0.3) is 0 Å². The van der Waals surface area contributed by atoms with E-state index in [0.29, 0.717) is 11.9 Å². The molecule has 0 amide bonds. The molecule has 1 saturated carbocycles. The van der Waals surface area contributed by atoms with E-state index in [2.05, 4.69) is 27.0 Å². The van der Waals surface area contributed by atoms with Crippen molar-refractivity contribution in [3.05, 3.63) is 11.9 Å². The number of anilines is 2. The van der Waals surface area contributed by atoms with Crippen LogP contribution < -0.4 is 16.6 Å². The van der Waals surface area contributed by atoms with Gasteiger partial charge in [0.2, 0.25) is 0 Å². The number of nitrogens with two attached hydrogens (primary N) is 1. The molecule has 6 heteroatoms. The normalized spacial score (nSPS) is 23.7. The van der Waals surface area contributed by atoms with Gasteiger partial charge in [0.05, 0.1) is 0 Å². The van der Waals surface area contributed by atoms with Gasteiger partial charge >= 0.3 is 0 Å². The van der Waals surface area contributed by atoms with Crippen molar-refractivity contribution in [1.29, 1.82) is 0 Å². The first kappa shape index (κ1) is 12.4. The van der Waals surface area contributed by atoms with Gasteiger partial charge in [-0.05, 0) is 32.4 Å². The Hall–Kier alpha value is -1.01. The molecule has 94 valence electrons. The highest BCUT2D eigenvalue weighted by atomic mass is 32.2. The fraction of sp³-hybridized carbons (Fsp3) is 0.636. The van der Waals surface area contributed by atoms with E-state index >= 15 is 0 Å². The number of nitrogen functional groups attached to an aromatic ring is 1. The zero-order valence-electron chi connectivity index (χ0n) is 10.2. The van der Waals surface area contributed by atoms with Gasteiger partial charge in [-0.25, -0.2) is 15.8 Å². The molecule has 0 bridgehead atoms. The van der Waals surface area contributed by atoms with Crippen molar-refractivity contribution in [1.82, 2.24) is 9.97 Å². The quantitative estimate of drug-likeness (QED) is 0.561. The summed E-state index contributed by atoms with van der Waals surface area (Å²) in [6, 6.07) is 2.37. The SMILES string of the molecule is CSC1CCC(Nc2cc(NN)nc(C)n2)C1. The second-order valence-corrected chi connectivity index (χ2v) is 5.48. The van der Waals surface area contributed by atoms with Crippen LogP contribution in [0.15, 0.2) is 6.07 Å². The lowest BCUT2D eigenvalue weighted by Crippen LogP contribution is -2.18. The third-order valence-electron chi connectivity index (χ3n) is 3.06. The highest BCUT2D eigenvalue weighted by molar-refractivity contribution is 7.99. The van der Waals surface area contributed by atoms with Crippen LogP contribution >= 0.6 is 11.8 Å². The summed E-state index contributed by atoms with van der Waals surface area (Å²) in [4.78, 5) is 8.54. The second-order valence-electron chi connectivity index (χ2n) is 4.34. The molecule has 2 unspecified atom stereocenters. The van der Waals surface area contributed by atoms with Crippen molar-refractivity contribution < 1.29 is 0 Å². The maximum absolute atomic E-state index is 5.37. The maximum atomic E-state index is 5.37. The van der Waals surface area contributed by atoms with E-state index in [1.165, 1.54) is 19.3 Å². The molecule has 1 fully saturated rings. The molecule has 1 aromatic rings. The van der Waals surface area contributed by atoms with Gasteiger partial charge in [-0.2, -0.15) is 11.8 Å². The number of aryl methyl sites for hydroxylation is 1. The lowest BCUT2D eigenvalue weighted by molar-refractivity contribution is 0.750. The number of aromatic nitrogens is 2. The summed E-state index contributed by atoms with van der Waals surface area (Å²) < 4.78 is 0. The summed E-state index contributed by atoms with van der Waals surface area (Å²) >= 11 is 1.95. The average molecular weight is 253 g/mol. The highest BCUT2D eigenvalue weighted by Crippen LogP contribution is 2.30. The average Bonchev–Trinajstić information content (AvgIpc) is 2.76. The molecule has 0 spiro atoms. The van der Waals surface area contributed by atoms with Crippen LogP contribution in [0.2, 0.25) is 0 Å². The summed E-state index contributed by atoms with van der Waals surface area (Å²) in [5.41, 5.74) is 2.56. The Kier molecular flexibility index (Phi) is 4.06. The molecule has 0 saturated heterocycles. The van der Waals surface area contributed by atoms with E-state index in [1.54, 1.807) is 0 Å². The summed E-state index contributed by atoms with van der Waals surface area (Å²) in [5, 5.41) is 4.24. The van der Waals surface area contributed by atoms with Crippen LogP contribution in [0, 0.1) is 6.92 Å². The summed E-state index contributed by atoms with van der Waals surface area (Å²) in [7, 11) is 0. The molecule has 2 atom stereocenters. The predicted molar refractivity (Wildman–Crippen MR) is 73.1 cm³/mol. The first-order valence-electron chi connectivity index (χ1n) is 5.83. The predicted octanol–water partition coefficient (Wildman–Crippen LogP) is 1.77. The number of hydrogen-bond acceptors (Lipinski definition) is 6. The molecule has 0 radical (unpaired) electrons. The van der Waals surface area contributed by atoms with Gasteiger partial charge < -0.3 is 10.7 Å². The van der Waals surface area contributed by atoms with Gasteiger partial charge in [-0.3, -0.25) is 0 Å². The number of rotatable bonds is 4. The molecule has 5 nitrogen and oxygen atoms in total. The number of nitrogens with zero attached hydrogens (tertiary/aromatic N) is 2. The zero-order chi connectivity index (χ0) is 12.3. The lowest BCUT2D eigenvalue weighted by Gasteiger charge is -2.14. The van der Waals surface area contributed by atoms with E-state index in [9.17, 15) is 0 Å². The summed E-state index contributed by atoms with van der Waals surface area (Å²) in [6.45, 7) is 1.87. The van der Waals surface area contributed by atoms with Crippen LogP contribution in [0.1, 0.15) is 25.1 Å². The van der Waals surface area contributed by atoms with Crippen molar-refractivity contribution >= 4 is 23.4 Å². The molecule has 17 heavy (non-hydrogen) atoms. The van der Waals surface area contributed by atoms with Gasteiger partial charge in [-0.15, -0.1) is 0 Å². The minimum absolute atomic E-state index is 0.521. The number of nitrogens with one attached hydrogen (secondary N) is 2. The Bertz CT molecular complexity index is 384. The maximum Gasteiger partial charge on any atom is 0.145 e. The molecule has 0 aromatic carbocycles. The molecule has 1 aliphatic rings. The fourth-order valence-electron chi connectivity index (χ4n) is 2.21. The van der Waals surface area contributed by atoms with Crippen LogP contribution in [-0.2, 0) is 0 Å². The summed E-state index contributed by atoms with van der Waals surface area (Å²) in [6.07, 6.45) is 5.87. The molecule has 1 aromatic heterocycles. The Balaban J connectivity index is 2.01. The Labute approximate surface area is 106 Å². The topological polar surface area (TPSA) is 75.9 Å². The molecular formula is C11H19N5S. The molecule has 4 N–H and O–H groups in total. The van der Waals surface area contributed by atoms with Gasteiger partial charge in [0.1, 0.15) is 17.5 Å². The fourth-order valence-corrected chi connectivity index (χ4v) is 3.01. The molecule has 1 heterocycles. The zero-order valence-corrected chi connectivity index (χ0v) is 11.0. The van der Waals surface area contributed by atoms with Crippen LogP contribution in [0.4, 0.5) is 11.6 Å². The van der Waals surface area contributed by atoms with E-state index in [4.69, 9.17) is 5.84 Å². The number of hydrazine groups is 1. The van der Waals surface area contributed by atoms with Crippen LogP contribution in [-0.4, -0.2) is 27.5 Å². The van der Waals surface area contributed by atoms with Crippen LogP contribution in [0.3, 0.4) is 0 Å². The van der Waals surface area contributed by atoms with E-state index in [1.807, 2.05) is 24.8 Å². The van der Waals surface area contributed by atoms with Crippen LogP contribution in [0.5, 0.6) is 0 Å². The molecular weight excluding hydrogens is 234 g/mol. The van der Waals surface area contributed by atoms with Crippen molar-refractivity contribution in [3.63, 3.8) is 0 Å². The Morgan fingerprint density at radius 1 is 1.35 bits per heavy atom. The van der Waals surface area contributed by atoms with Crippen molar-refractivity contribution in [2.75, 3.05) is 17.0 Å². The smallest absolute Gasteiger partial charge is 0.145 e. The first-order valence-corrected chi connectivity index (χ1v) is 7.11. The second kappa shape index (κ2) is 5.55. The standard InChI is InChI=1S/C11H19N5S/c1-7-13-10(6-11(14-7)16-12)15-8-3-4-9(5-8)17-2/h6,8-9H,3-5,12H2,1-2H3,(H2,13,14,15,16). The van der Waals surface area contributed by atoms with E-state index in [0.717, 1.165) is 16.9 Å². The number of thioether (sulfide) groups is 1. The number of hydrogen-bond donors (Lipinski definition) is 3. The van der Waals surface area contributed by atoms with Crippen molar-refractivity contribution in [2.24, 2.45) is 5.84 Å². The summed E-state index contributed by atoms with van der Waals surface area (Å²) in [5.74, 6) is 7.60. The Morgan fingerprint density at radius 3 is 2.76 bits per heavy atom. The van der Waals surface area contributed by atoms with Crippen molar-refractivity contribution in [2.45, 2.75) is 37.5 Å². The van der Waals surface area contributed by atoms with E-state index in [-0.39, 0.29) is 0 Å². The molecule has 0 aliphatic heterocycles. The van der Waals surface area contributed by atoms with Crippen molar-refractivity contribution in [3.8, 4) is 0 Å². The minimum atomic E-state index is 0.521. The minimum Gasteiger partial charge on any atom is -0.367 e. The van der Waals surface area contributed by atoms with Gasteiger partial charge in [0.25, 0.3) is 0 Å². The third-order valence-corrected chi connectivity index (χ3v) is 4.15. The first-order chi connectivity index (χ1) is 8.21. The third kappa shape index (κ3) is 3.23. The van der Waals surface area contributed by atoms with Gasteiger partial charge in [0, 0.05) is 17.4 Å². The van der Waals surface area contributed by atoms with E-state index < -0.39 is 0 Å². The monoisotopic (exact) mass is 253 g/mol. The van der Waals surface area contributed by atoms with Gasteiger partial charge in [0.15, 0.2) is 0 Å². The van der Waals surface area contributed by atoms with Gasteiger partial charge in [-0.1, -0.05) is 0 Å². The molecule has 1 aliphatic carbocycles. The largest absolute Gasteiger partial charge is 0.367 e.